The lowest BCUT2D eigenvalue weighted by Gasteiger charge is -2.21. The van der Waals surface area contributed by atoms with Gasteiger partial charge in [0.15, 0.2) is 0 Å². The van der Waals surface area contributed by atoms with Crippen molar-refractivity contribution >= 4 is 11.8 Å². The highest BCUT2D eigenvalue weighted by atomic mass is 16.6. The van der Waals surface area contributed by atoms with Crippen molar-refractivity contribution in [1.29, 1.82) is 0 Å². The molecule has 3 rings (SSSR count). The predicted molar refractivity (Wildman–Crippen MR) is 93.2 cm³/mol. The van der Waals surface area contributed by atoms with Crippen molar-refractivity contribution in [3.05, 3.63) is 47.3 Å². The molecule has 0 spiro atoms. The molecule has 0 radical (unpaired) electrons. The third kappa shape index (κ3) is 3.76. The van der Waals surface area contributed by atoms with E-state index in [0.29, 0.717) is 19.2 Å². The number of benzene rings is 1. The number of amides is 1. The van der Waals surface area contributed by atoms with Gasteiger partial charge in [-0.05, 0) is 44.5 Å². The number of aryl methyl sites for hydroxylation is 1. The van der Waals surface area contributed by atoms with Crippen LogP contribution in [0.1, 0.15) is 36.8 Å². The minimum Gasteiger partial charge on any atom is -0.447 e. The molecule has 0 bridgehead atoms. The van der Waals surface area contributed by atoms with Gasteiger partial charge in [-0.3, -0.25) is 10.00 Å². The van der Waals surface area contributed by atoms with E-state index < -0.39 is 0 Å². The van der Waals surface area contributed by atoms with Crippen LogP contribution in [0, 0.1) is 6.92 Å². The molecule has 1 amide bonds. The number of H-pyrrole nitrogens is 1. The van der Waals surface area contributed by atoms with Crippen LogP contribution in [0.4, 0.5) is 10.5 Å². The molecule has 1 aromatic heterocycles. The second kappa shape index (κ2) is 7.05. The third-order valence-corrected chi connectivity index (χ3v) is 4.25. The van der Waals surface area contributed by atoms with Gasteiger partial charge < -0.3 is 10.1 Å². The minimum atomic E-state index is -0.268. The highest BCUT2D eigenvalue weighted by Crippen LogP contribution is 2.23. The molecule has 24 heavy (non-hydrogen) atoms. The maximum atomic E-state index is 11.7. The van der Waals surface area contributed by atoms with E-state index in [1.807, 2.05) is 19.1 Å². The Bertz CT molecular complexity index is 713. The summed E-state index contributed by atoms with van der Waals surface area (Å²) in [6, 6.07) is 10.6. The van der Waals surface area contributed by atoms with Crippen LogP contribution in [0.3, 0.4) is 0 Å². The molecule has 6 heteroatoms. The van der Waals surface area contributed by atoms with Crippen LogP contribution in [-0.4, -0.2) is 35.5 Å². The molecule has 2 N–H and O–H groups in total. The van der Waals surface area contributed by atoms with E-state index in [1.54, 1.807) is 4.90 Å². The van der Waals surface area contributed by atoms with Gasteiger partial charge in [-0.2, -0.15) is 5.10 Å². The Labute approximate surface area is 142 Å². The molecule has 0 aliphatic carbocycles. The number of hydrogen-bond donors (Lipinski definition) is 2. The summed E-state index contributed by atoms with van der Waals surface area (Å²) in [5.41, 5.74) is 4.18. The van der Waals surface area contributed by atoms with Crippen LogP contribution in [0.2, 0.25) is 0 Å². The van der Waals surface area contributed by atoms with Crippen LogP contribution in [0.5, 0.6) is 0 Å². The van der Waals surface area contributed by atoms with Crippen molar-refractivity contribution in [2.75, 3.05) is 18.1 Å². The lowest BCUT2D eigenvalue weighted by atomic mass is 10.1. The SMILES string of the molecule is Cc1cc(C[C@@H](C)N[C@@H](C)c2cccc(N3CCOC3=O)c2)n[nH]1. The largest absolute Gasteiger partial charge is 0.447 e. The van der Waals surface area contributed by atoms with Crippen molar-refractivity contribution in [3.8, 4) is 0 Å². The van der Waals surface area contributed by atoms with Gasteiger partial charge in [0, 0.05) is 29.9 Å². The number of nitrogens with one attached hydrogen (secondary N) is 2. The van der Waals surface area contributed by atoms with Gasteiger partial charge in [-0.1, -0.05) is 12.1 Å². The second-order valence-corrected chi connectivity index (χ2v) is 6.40. The van der Waals surface area contributed by atoms with Crippen LogP contribution < -0.4 is 10.2 Å². The highest BCUT2D eigenvalue weighted by Gasteiger charge is 2.24. The Hall–Kier alpha value is -2.34. The summed E-state index contributed by atoms with van der Waals surface area (Å²) >= 11 is 0. The Morgan fingerprint density at radius 3 is 2.88 bits per heavy atom. The highest BCUT2D eigenvalue weighted by molar-refractivity contribution is 5.89. The van der Waals surface area contributed by atoms with E-state index in [0.717, 1.165) is 29.1 Å². The Kier molecular flexibility index (Phi) is 4.85. The van der Waals surface area contributed by atoms with Crippen molar-refractivity contribution < 1.29 is 9.53 Å². The van der Waals surface area contributed by atoms with Gasteiger partial charge in [0.25, 0.3) is 0 Å². The maximum absolute atomic E-state index is 11.7. The number of aromatic amines is 1. The number of carbonyl (C=O) groups is 1. The zero-order chi connectivity index (χ0) is 17.1. The lowest BCUT2D eigenvalue weighted by Crippen LogP contribution is -2.31. The van der Waals surface area contributed by atoms with Crippen molar-refractivity contribution in [1.82, 2.24) is 15.5 Å². The molecule has 1 fully saturated rings. The van der Waals surface area contributed by atoms with Crippen molar-refractivity contribution in [3.63, 3.8) is 0 Å². The van der Waals surface area contributed by atoms with Gasteiger partial charge in [0.2, 0.25) is 0 Å². The number of nitrogens with zero attached hydrogens (tertiary/aromatic N) is 2. The monoisotopic (exact) mass is 328 g/mol. The van der Waals surface area contributed by atoms with E-state index in [-0.39, 0.29) is 12.1 Å². The quantitative estimate of drug-likeness (QED) is 0.855. The number of aromatic nitrogens is 2. The predicted octanol–water partition coefficient (Wildman–Crippen LogP) is 2.96. The van der Waals surface area contributed by atoms with Crippen LogP contribution in [0.15, 0.2) is 30.3 Å². The number of anilines is 1. The van der Waals surface area contributed by atoms with E-state index in [2.05, 4.69) is 47.6 Å². The molecule has 128 valence electrons. The molecule has 6 nitrogen and oxygen atoms in total. The van der Waals surface area contributed by atoms with Crippen LogP contribution in [0.25, 0.3) is 0 Å². The number of hydrogen-bond acceptors (Lipinski definition) is 4. The number of carbonyl (C=O) groups excluding carboxylic acids is 1. The molecule has 0 saturated carbocycles. The van der Waals surface area contributed by atoms with Crippen molar-refractivity contribution in [2.45, 2.75) is 39.3 Å². The Balaban J connectivity index is 1.64. The number of rotatable bonds is 6. The van der Waals surface area contributed by atoms with Gasteiger partial charge in [0.05, 0.1) is 12.2 Å². The maximum Gasteiger partial charge on any atom is 0.414 e. The van der Waals surface area contributed by atoms with Crippen LogP contribution in [-0.2, 0) is 11.2 Å². The fourth-order valence-corrected chi connectivity index (χ4v) is 3.06. The molecule has 1 aromatic carbocycles. The van der Waals surface area contributed by atoms with Gasteiger partial charge in [0.1, 0.15) is 6.61 Å². The van der Waals surface area contributed by atoms with Gasteiger partial charge in [-0.25, -0.2) is 4.79 Å². The first kappa shape index (κ1) is 16.5. The molecule has 1 aliphatic heterocycles. The molecular formula is C18H24N4O2. The molecule has 2 aromatic rings. The Morgan fingerprint density at radius 2 is 2.21 bits per heavy atom. The minimum absolute atomic E-state index is 0.179. The summed E-state index contributed by atoms with van der Waals surface area (Å²) in [6.45, 7) is 7.36. The van der Waals surface area contributed by atoms with Gasteiger partial charge >= 0.3 is 6.09 Å². The second-order valence-electron chi connectivity index (χ2n) is 6.40. The Morgan fingerprint density at radius 1 is 1.38 bits per heavy atom. The fourth-order valence-electron chi connectivity index (χ4n) is 3.06. The average Bonchev–Trinajstić information content (AvgIpc) is 3.15. The molecular weight excluding hydrogens is 304 g/mol. The fraction of sp³-hybridized carbons (Fsp3) is 0.444. The summed E-state index contributed by atoms with van der Waals surface area (Å²) in [7, 11) is 0. The zero-order valence-corrected chi connectivity index (χ0v) is 14.4. The molecule has 2 heterocycles. The smallest absolute Gasteiger partial charge is 0.414 e. The number of ether oxygens (including phenoxy) is 1. The lowest BCUT2D eigenvalue weighted by molar-refractivity contribution is 0.181. The van der Waals surface area contributed by atoms with E-state index in [4.69, 9.17) is 4.74 Å². The van der Waals surface area contributed by atoms with E-state index >= 15 is 0 Å². The van der Waals surface area contributed by atoms with E-state index in [9.17, 15) is 4.79 Å². The summed E-state index contributed by atoms with van der Waals surface area (Å²) in [5.74, 6) is 0. The zero-order valence-electron chi connectivity index (χ0n) is 14.4. The van der Waals surface area contributed by atoms with Gasteiger partial charge in [-0.15, -0.1) is 0 Å². The molecule has 1 aliphatic rings. The normalized spacial score (nSPS) is 17.0. The molecule has 0 unspecified atom stereocenters. The first-order valence-electron chi connectivity index (χ1n) is 8.34. The third-order valence-electron chi connectivity index (χ3n) is 4.25. The summed E-state index contributed by atoms with van der Waals surface area (Å²) in [5, 5.41) is 10.9. The number of cyclic esters (lactones) is 1. The summed E-state index contributed by atoms with van der Waals surface area (Å²) in [6.07, 6.45) is 0.599. The summed E-state index contributed by atoms with van der Waals surface area (Å²) < 4.78 is 5.01. The van der Waals surface area contributed by atoms with E-state index in [1.165, 1.54) is 0 Å². The standard InChI is InChI=1S/C18H24N4O2/c1-12(9-16-10-13(2)20-21-16)19-14(3)15-5-4-6-17(11-15)22-7-8-24-18(22)23/h4-6,10-12,14,19H,7-9H2,1-3H3,(H,20,21)/t12-,14+/m1/s1. The molecule has 2 atom stereocenters. The topological polar surface area (TPSA) is 70.2 Å². The first-order valence-corrected chi connectivity index (χ1v) is 8.34. The van der Waals surface area contributed by atoms with Crippen LogP contribution >= 0.6 is 0 Å². The average molecular weight is 328 g/mol. The first-order chi connectivity index (χ1) is 11.5. The summed E-state index contributed by atoms with van der Waals surface area (Å²) in [4.78, 5) is 13.4. The molecule has 1 saturated heterocycles. The van der Waals surface area contributed by atoms with Crippen molar-refractivity contribution in [2.24, 2.45) is 0 Å².